The summed E-state index contributed by atoms with van der Waals surface area (Å²) in [5.41, 5.74) is 3.00. The van der Waals surface area contributed by atoms with Crippen molar-refractivity contribution in [1.82, 2.24) is 0 Å². The molecule has 0 fully saturated rings. The van der Waals surface area contributed by atoms with Gasteiger partial charge in [0.15, 0.2) is 18.1 Å². The van der Waals surface area contributed by atoms with E-state index in [2.05, 4.69) is 10.6 Å². The van der Waals surface area contributed by atoms with Crippen molar-refractivity contribution in [3.63, 3.8) is 0 Å². The van der Waals surface area contributed by atoms with Gasteiger partial charge in [0.25, 0.3) is 5.91 Å². The number of halogens is 2. The van der Waals surface area contributed by atoms with Crippen LogP contribution < -0.4 is 20.1 Å². The van der Waals surface area contributed by atoms with Crippen LogP contribution in [0.5, 0.6) is 11.5 Å². The Kier molecular flexibility index (Phi) is 8.03. The number of hydrogen-bond acceptors (Lipinski definition) is 5. The molecule has 9 heteroatoms. The first-order chi connectivity index (χ1) is 15.8. The van der Waals surface area contributed by atoms with E-state index in [1.54, 1.807) is 12.1 Å². The molecule has 0 heterocycles. The summed E-state index contributed by atoms with van der Waals surface area (Å²) in [4.78, 5) is 23.4. The van der Waals surface area contributed by atoms with Crippen LogP contribution in [0.25, 0.3) is 0 Å². The zero-order valence-electron chi connectivity index (χ0n) is 17.9. The standard InChI is InChI=1S/C24H22Cl2N2O5/c1-14-3-6-17(7-4-14)28-23(29)13-33-22-11-19(26)16(10-21(22)32-2)12-27-20-9-15(24(30)31)5-8-18(20)25/h3-11,27H,12-13H2,1-2H3,(H,28,29)(H,30,31). The molecule has 0 radical (unpaired) electrons. The Balaban J connectivity index is 1.67. The number of anilines is 2. The molecule has 1 amide bonds. The largest absolute Gasteiger partial charge is 0.493 e. The van der Waals surface area contributed by atoms with Gasteiger partial charge in [-0.2, -0.15) is 0 Å². The van der Waals surface area contributed by atoms with Crippen molar-refractivity contribution in [1.29, 1.82) is 0 Å². The lowest BCUT2D eigenvalue weighted by Gasteiger charge is -2.15. The number of aromatic carboxylic acids is 1. The van der Waals surface area contributed by atoms with Gasteiger partial charge in [0.05, 0.1) is 23.4 Å². The van der Waals surface area contributed by atoms with Crippen LogP contribution in [0, 0.1) is 6.92 Å². The molecule has 3 aromatic carbocycles. The summed E-state index contributed by atoms with van der Waals surface area (Å²) < 4.78 is 11.0. The number of aryl methyl sites for hydroxylation is 1. The molecule has 3 aromatic rings. The van der Waals surface area contributed by atoms with Gasteiger partial charge >= 0.3 is 5.97 Å². The number of carbonyl (C=O) groups is 2. The van der Waals surface area contributed by atoms with Crippen molar-refractivity contribution in [2.24, 2.45) is 0 Å². The molecule has 7 nitrogen and oxygen atoms in total. The van der Waals surface area contributed by atoms with Crippen molar-refractivity contribution in [3.05, 3.63) is 81.3 Å². The van der Waals surface area contributed by atoms with Crippen LogP contribution >= 0.6 is 23.2 Å². The first-order valence-corrected chi connectivity index (χ1v) is 10.6. The van der Waals surface area contributed by atoms with Crippen LogP contribution in [0.2, 0.25) is 10.0 Å². The minimum atomic E-state index is -1.05. The molecule has 3 rings (SSSR count). The monoisotopic (exact) mass is 488 g/mol. The van der Waals surface area contributed by atoms with E-state index in [4.69, 9.17) is 37.8 Å². The molecule has 172 valence electrons. The number of benzene rings is 3. The van der Waals surface area contributed by atoms with Gasteiger partial charge in [0.2, 0.25) is 0 Å². The zero-order chi connectivity index (χ0) is 24.0. The van der Waals surface area contributed by atoms with Crippen molar-refractivity contribution in [2.75, 3.05) is 24.4 Å². The lowest BCUT2D eigenvalue weighted by molar-refractivity contribution is -0.118. The molecule has 0 aliphatic rings. The number of ether oxygens (including phenoxy) is 2. The summed E-state index contributed by atoms with van der Waals surface area (Å²) in [5, 5.41) is 15.7. The number of rotatable bonds is 9. The summed E-state index contributed by atoms with van der Waals surface area (Å²) >= 11 is 12.6. The molecule has 0 spiro atoms. The smallest absolute Gasteiger partial charge is 0.335 e. The van der Waals surface area contributed by atoms with Gasteiger partial charge in [-0.25, -0.2) is 4.79 Å². The minimum absolute atomic E-state index is 0.109. The number of nitrogens with one attached hydrogen (secondary N) is 2. The number of methoxy groups -OCH3 is 1. The van der Waals surface area contributed by atoms with Gasteiger partial charge in [-0.15, -0.1) is 0 Å². The predicted octanol–water partition coefficient (Wildman–Crippen LogP) is 5.64. The molecule has 0 aliphatic heterocycles. The van der Waals surface area contributed by atoms with Gasteiger partial charge in [-0.05, 0) is 48.9 Å². The molecular formula is C24H22Cl2N2O5. The summed E-state index contributed by atoms with van der Waals surface area (Å²) in [5.74, 6) is -0.668. The molecule has 33 heavy (non-hydrogen) atoms. The summed E-state index contributed by atoms with van der Waals surface area (Å²) in [6.45, 7) is 1.99. The highest BCUT2D eigenvalue weighted by molar-refractivity contribution is 6.33. The zero-order valence-corrected chi connectivity index (χ0v) is 19.5. The first kappa shape index (κ1) is 24.2. The van der Waals surface area contributed by atoms with E-state index in [-0.39, 0.29) is 24.6 Å². The fourth-order valence-corrected chi connectivity index (χ4v) is 3.35. The third-order valence-corrected chi connectivity index (χ3v) is 5.39. The average Bonchev–Trinajstić information content (AvgIpc) is 2.79. The molecule has 3 N–H and O–H groups in total. The van der Waals surface area contributed by atoms with Crippen molar-refractivity contribution in [2.45, 2.75) is 13.5 Å². The molecule has 0 atom stereocenters. The van der Waals surface area contributed by atoms with Gasteiger partial charge in [-0.3, -0.25) is 4.79 Å². The van der Waals surface area contributed by atoms with E-state index < -0.39 is 5.97 Å². The maximum Gasteiger partial charge on any atom is 0.335 e. The molecule has 0 aromatic heterocycles. The van der Waals surface area contributed by atoms with Crippen LogP contribution in [0.3, 0.4) is 0 Å². The minimum Gasteiger partial charge on any atom is -0.493 e. The Labute approximate surface area is 201 Å². The molecular weight excluding hydrogens is 467 g/mol. The third-order valence-electron chi connectivity index (χ3n) is 4.71. The Hall–Kier alpha value is -3.42. The maximum atomic E-state index is 12.2. The Morgan fingerprint density at radius 1 is 0.970 bits per heavy atom. The number of hydrogen-bond donors (Lipinski definition) is 3. The summed E-state index contributed by atoms with van der Waals surface area (Å²) in [6.07, 6.45) is 0. The van der Waals surface area contributed by atoms with Gasteiger partial charge in [-0.1, -0.05) is 40.9 Å². The van der Waals surface area contributed by atoms with Crippen LogP contribution in [0.4, 0.5) is 11.4 Å². The van der Waals surface area contributed by atoms with Gasteiger partial charge in [0.1, 0.15) is 0 Å². The predicted molar refractivity (Wildman–Crippen MR) is 129 cm³/mol. The maximum absolute atomic E-state index is 12.2. The SMILES string of the molecule is COc1cc(CNc2cc(C(=O)O)ccc2Cl)c(Cl)cc1OCC(=O)Nc1ccc(C)cc1. The second kappa shape index (κ2) is 10.9. The highest BCUT2D eigenvalue weighted by Gasteiger charge is 2.14. The number of carboxylic acid groups (broad SMARTS) is 1. The molecule has 0 bridgehead atoms. The van der Waals surface area contributed by atoms with Crippen LogP contribution in [0.15, 0.2) is 54.6 Å². The van der Waals surface area contributed by atoms with E-state index in [0.29, 0.717) is 38.5 Å². The van der Waals surface area contributed by atoms with Gasteiger partial charge in [0, 0.05) is 23.3 Å². The summed E-state index contributed by atoms with van der Waals surface area (Å²) in [6, 6.07) is 15.0. The van der Waals surface area contributed by atoms with Crippen LogP contribution in [-0.2, 0) is 11.3 Å². The normalized spacial score (nSPS) is 10.4. The molecule has 0 unspecified atom stereocenters. The fraction of sp³-hybridized carbons (Fsp3) is 0.167. The van der Waals surface area contributed by atoms with Crippen LogP contribution in [-0.4, -0.2) is 30.7 Å². The van der Waals surface area contributed by atoms with Crippen molar-refractivity contribution in [3.8, 4) is 11.5 Å². The van der Waals surface area contributed by atoms with Crippen molar-refractivity contribution < 1.29 is 24.2 Å². The van der Waals surface area contributed by atoms with Crippen molar-refractivity contribution >= 4 is 46.5 Å². The van der Waals surface area contributed by atoms with E-state index in [1.807, 2.05) is 31.2 Å². The lowest BCUT2D eigenvalue weighted by Crippen LogP contribution is -2.20. The average molecular weight is 489 g/mol. The van der Waals surface area contributed by atoms with E-state index in [0.717, 1.165) is 5.56 Å². The summed E-state index contributed by atoms with van der Waals surface area (Å²) in [7, 11) is 1.48. The Morgan fingerprint density at radius 2 is 1.70 bits per heavy atom. The molecule has 0 saturated heterocycles. The van der Waals surface area contributed by atoms with Gasteiger partial charge < -0.3 is 25.2 Å². The van der Waals surface area contributed by atoms with E-state index in [9.17, 15) is 9.59 Å². The van der Waals surface area contributed by atoms with E-state index >= 15 is 0 Å². The number of carboxylic acids is 1. The topological polar surface area (TPSA) is 96.9 Å². The molecule has 0 aliphatic carbocycles. The first-order valence-electron chi connectivity index (χ1n) is 9.89. The van der Waals surface area contributed by atoms with Crippen LogP contribution in [0.1, 0.15) is 21.5 Å². The Morgan fingerprint density at radius 3 is 2.36 bits per heavy atom. The number of amides is 1. The fourth-order valence-electron chi connectivity index (χ4n) is 2.95. The second-order valence-electron chi connectivity index (χ2n) is 7.15. The quantitative estimate of drug-likeness (QED) is 0.360. The lowest BCUT2D eigenvalue weighted by atomic mass is 10.1. The van der Waals surface area contributed by atoms with E-state index in [1.165, 1.54) is 25.3 Å². The number of carbonyl (C=O) groups excluding carboxylic acids is 1. The molecule has 0 saturated carbocycles. The Bertz CT molecular complexity index is 1170. The third kappa shape index (κ3) is 6.54. The highest BCUT2D eigenvalue weighted by Crippen LogP contribution is 2.34. The second-order valence-corrected chi connectivity index (χ2v) is 7.97. The highest BCUT2D eigenvalue weighted by atomic mass is 35.5.